The van der Waals surface area contributed by atoms with E-state index in [1.54, 1.807) is 18.0 Å². The summed E-state index contributed by atoms with van der Waals surface area (Å²) in [6.07, 6.45) is 2.27. The highest BCUT2D eigenvalue weighted by atomic mass is 35.5. The Hall–Kier alpha value is -2.79. The van der Waals surface area contributed by atoms with E-state index in [1.165, 1.54) is 0 Å². The Bertz CT molecular complexity index is 962. The van der Waals surface area contributed by atoms with Gasteiger partial charge in [-0.05, 0) is 29.3 Å². The lowest BCUT2D eigenvalue weighted by molar-refractivity contribution is 0.0708. The van der Waals surface area contributed by atoms with Crippen molar-refractivity contribution in [3.8, 4) is 5.75 Å². The number of amides is 1. The standard InChI is InChI=1S/C21H20ClN3O2/c1-24-20(18(22)12-23-24)11-19-16-5-3-4-6-17(16)21(26)25(19)13-14-7-9-15(27-2)10-8-14/h3-10,12,19H,11,13H2,1-2H3. The van der Waals surface area contributed by atoms with Crippen LogP contribution >= 0.6 is 11.6 Å². The zero-order valence-corrected chi connectivity index (χ0v) is 16.0. The zero-order valence-electron chi connectivity index (χ0n) is 15.2. The molecule has 1 aromatic heterocycles. The molecule has 0 saturated heterocycles. The second-order valence-corrected chi connectivity index (χ2v) is 7.06. The monoisotopic (exact) mass is 381 g/mol. The summed E-state index contributed by atoms with van der Waals surface area (Å²) in [5.74, 6) is 0.845. The molecule has 1 aliphatic heterocycles. The van der Waals surface area contributed by atoms with Gasteiger partial charge in [0.2, 0.25) is 0 Å². The molecule has 0 radical (unpaired) electrons. The SMILES string of the molecule is COc1ccc(CN2C(=O)c3ccccc3C2Cc2c(Cl)cnn2C)cc1. The Morgan fingerprint density at radius 3 is 2.56 bits per heavy atom. The van der Waals surface area contributed by atoms with Gasteiger partial charge in [-0.2, -0.15) is 5.10 Å². The lowest BCUT2D eigenvalue weighted by Gasteiger charge is -2.26. The molecule has 138 valence electrons. The largest absolute Gasteiger partial charge is 0.497 e. The summed E-state index contributed by atoms with van der Waals surface area (Å²) in [7, 11) is 3.51. The molecule has 6 heteroatoms. The molecule has 2 heterocycles. The number of ether oxygens (including phenoxy) is 1. The van der Waals surface area contributed by atoms with Crippen LogP contribution in [0.1, 0.15) is 33.2 Å². The van der Waals surface area contributed by atoms with Crippen LogP contribution in [0.2, 0.25) is 5.02 Å². The smallest absolute Gasteiger partial charge is 0.255 e. The van der Waals surface area contributed by atoms with Crippen LogP contribution < -0.4 is 4.74 Å². The molecule has 0 spiro atoms. The van der Waals surface area contributed by atoms with Gasteiger partial charge in [-0.25, -0.2) is 0 Å². The molecule has 1 aliphatic rings. The highest BCUT2D eigenvalue weighted by Crippen LogP contribution is 2.38. The van der Waals surface area contributed by atoms with Gasteiger partial charge in [-0.1, -0.05) is 41.9 Å². The Kier molecular flexibility index (Phi) is 4.62. The van der Waals surface area contributed by atoms with Crippen molar-refractivity contribution >= 4 is 17.5 Å². The van der Waals surface area contributed by atoms with Crippen LogP contribution in [0.15, 0.2) is 54.7 Å². The van der Waals surface area contributed by atoms with Crippen molar-refractivity contribution in [3.05, 3.63) is 82.1 Å². The van der Waals surface area contributed by atoms with Crippen LogP contribution in [0.25, 0.3) is 0 Å². The minimum atomic E-state index is -0.0799. The molecular formula is C21H20ClN3O2. The van der Waals surface area contributed by atoms with E-state index in [0.717, 1.165) is 28.1 Å². The van der Waals surface area contributed by atoms with E-state index in [-0.39, 0.29) is 11.9 Å². The van der Waals surface area contributed by atoms with Crippen molar-refractivity contribution in [2.24, 2.45) is 7.05 Å². The minimum Gasteiger partial charge on any atom is -0.497 e. The molecule has 27 heavy (non-hydrogen) atoms. The first-order valence-corrected chi connectivity index (χ1v) is 9.15. The van der Waals surface area contributed by atoms with Gasteiger partial charge in [0.25, 0.3) is 5.91 Å². The van der Waals surface area contributed by atoms with Gasteiger partial charge in [0.1, 0.15) is 5.75 Å². The minimum absolute atomic E-state index is 0.0460. The number of fused-ring (bicyclic) bond motifs is 1. The predicted molar refractivity (Wildman–Crippen MR) is 104 cm³/mol. The second-order valence-electron chi connectivity index (χ2n) is 6.65. The molecule has 4 rings (SSSR count). The summed E-state index contributed by atoms with van der Waals surface area (Å²) in [6, 6.07) is 15.5. The zero-order chi connectivity index (χ0) is 19.0. The molecule has 0 N–H and O–H groups in total. The predicted octanol–water partition coefficient (Wildman–Crippen LogP) is 4.02. The third-order valence-electron chi connectivity index (χ3n) is 5.10. The van der Waals surface area contributed by atoms with Crippen LogP contribution in [-0.4, -0.2) is 27.7 Å². The second kappa shape index (κ2) is 7.08. The van der Waals surface area contributed by atoms with Crippen LogP contribution in [0.4, 0.5) is 0 Å². The van der Waals surface area contributed by atoms with E-state index in [1.807, 2.05) is 60.5 Å². The number of aromatic nitrogens is 2. The topological polar surface area (TPSA) is 47.4 Å². The normalized spacial score (nSPS) is 15.9. The third-order valence-corrected chi connectivity index (χ3v) is 5.41. The maximum atomic E-state index is 13.1. The van der Waals surface area contributed by atoms with Crippen molar-refractivity contribution < 1.29 is 9.53 Å². The molecule has 1 amide bonds. The van der Waals surface area contributed by atoms with Gasteiger partial charge < -0.3 is 9.64 Å². The van der Waals surface area contributed by atoms with Gasteiger partial charge in [0.05, 0.1) is 30.1 Å². The van der Waals surface area contributed by atoms with Gasteiger partial charge >= 0.3 is 0 Å². The van der Waals surface area contributed by atoms with Crippen LogP contribution in [0.5, 0.6) is 5.75 Å². The fourth-order valence-corrected chi connectivity index (χ4v) is 3.87. The number of carbonyl (C=O) groups is 1. The molecular weight excluding hydrogens is 362 g/mol. The molecule has 1 atom stereocenters. The third kappa shape index (κ3) is 3.19. The fraction of sp³-hybridized carbons (Fsp3) is 0.238. The van der Waals surface area contributed by atoms with Crippen molar-refractivity contribution in [2.45, 2.75) is 19.0 Å². The highest BCUT2D eigenvalue weighted by Gasteiger charge is 2.37. The van der Waals surface area contributed by atoms with Crippen LogP contribution in [0.3, 0.4) is 0 Å². The maximum Gasteiger partial charge on any atom is 0.255 e. The van der Waals surface area contributed by atoms with E-state index >= 15 is 0 Å². The average molecular weight is 382 g/mol. The number of nitrogens with zero attached hydrogens (tertiary/aromatic N) is 3. The lowest BCUT2D eigenvalue weighted by Crippen LogP contribution is -2.29. The van der Waals surface area contributed by atoms with E-state index in [2.05, 4.69) is 5.10 Å². The Morgan fingerprint density at radius 1 is 1.15 bits per heavy atom. The fourth-order valence-electron chi connectivity index (χ4n) is 3.63. The summed E-state index contributed by atoms with van der Waals surface area (Å²) in [5.41, 5.74) is 3.77. The summed E-state index contributed by atoms with van der Waals surface area (Å²) in [4.78, 5) is 15.0. The molecule has 1 unspecified atom stereocenters. The van der Waals surface area contributed by atoms with Crippen molar-refractivity contribution in [1.29, 1.82) is 0 Å². The van der Waals surface area contributed by atoms with Crippen molar-refractivity contribution in [2.75, 3.05) is 7.11 Å². The molecule has 0 bridgehead atoms. The van der Waals surface area contributed by atoms with Crippen LogP contribution in [-0.2, 0) is 20.0 Å². The Labute approximate surface area is 163 Å². The Balaban J connectivity index is 1.68. The number of rotatable bonds is 5. The number of halogens is 1. The highest BCUT2D eigenvalue weighted by molar-refractivity contribution is 6.31. The van der Waals surface area contributed by atoms with Gasteiger partial charge in [0, 0.05) is 25.6 Å². The number of hydrogen-bond acceptors (Lipinski definition) is 3. The first-order chi connectivity index (χ1) is 13.1. The van der Waals surface area contributed by atoms with Crippen molar-refractivity contribution in [3.63, 3.8) is 0 Å². The summed E-state index contributed by atoms with van der Waals surface area (Å²) < 4.78 is 7.00. The number of methoxy groups -OCH3 is 1. The number of benzene rings is 2. The first-order valence-electron chi connectivity index (χ1n) is 8.77. The van der Waals surface area contributed by atoms with E-state index in [9.17, 15) is 4.79 Å². The molecule has 0 aliphatic carbocycles. The molecule has 0 saturated carbocycles. The summed E-state index contributed by atoms with van der Waals surface area (Å²) >= 11 is 6.33. The van der Waals surface area contributed by atoms with E-state index in [0.29, 0.717) is 18.0 Å². The molecule has 5 nitrogen and oxygen atoms in total. The Morgan fingerprint density at radius 2 is 1.89 bits per heavy atom. The average Bonchev–Trinajstić information content (AvgIpc) is 3.15. The first kappa shape index (κ1) is 17.6. The van der Waals surface area contributed by atoms with E-state index in [4.69, 9.17) is 16.3 Å². The number of carbonyl (C=O) groups excluding carboxylic acids is 1. The molecule has 2 aromatic carbocycles. The van der Waals surface area contributed by atoms with Crippen molar-refractivity contribution in [1.82, 2.24) is 14.7 Å². The molecule has 3 aromatic rings. The van der Waals surface area contributed by atoms with Gasteiger partial charge in [-0.15, -0.1) is 0 Å². The van der Waals surface area contributed by atoms with Gasteiger partial charge in [0.15, 0.2) is 0 Å². The van der Waals surface area contributed by atoms with E-state index < -0.39 is 0 Å². The van der Waals surface area contributed by atoms with Gasteiger partial charge in [-0.3, -0.25) is 9.48 Å². The quantitative estimate of drug-likeness (QED) is 0.670. The summed E-state index contributed by atoms with van der Waals surface area (Å²) in [6.45, 7) is 0.525. The maximum absolute atomic E-state index is 13.1. The van der Waals surface area contributed by atoms with Crippen LogP contribution in [0, 0.1) is 0 Å². The number of aryl methyl sites for hydroxylation is 1. The lowest BCUT2D eigenvalue weighted by atomic mass is 10.0. The summed E-state index contributed by atoms with van der Waals surface area (Å²) in [5, 5.41) is 4.85. The number of hydrogen-bond donors (Lipinski definition) is 0. The molecule has 0 fully saturated rings.